The largest absolute Gasteiger partial charge is 0.444 e. The van der Waals surface area contributed by atoms with Crippen LogP contribution in [0, 0.1) is 0 Å². The SMILES string of the molecule is CC(C)(C)OC(=O)NCC(CO)c1cccs1. The molecule has 4 nitrogen and oxygen atoms in total. The lowest BCUT2D eigenvalue weighted by atomic mass is 10.1. The molecule has 1 unspecified atom stereocenters. The number of alkyl carbamates (subject to hydrolysis) is 1. The first-order valence-electron chi connectivity index (χ1n) is 5.53. The fraction of sp³-hybridized carbons (Fsp3) is 0.583. The van der Waals surface area contributed by atoms with Gasteiger partial charge >= 0.3 is 6.09 Å². The van der Waals surface area contributed by atoms with E-state index in [2.05, 4.69) is 5.32 Å². The van der Waals surface area contributed by atoms with Gasteiger partial charge in [0, 0.05) is 17.3 Å². The zero-order valence-corrected chi connectivity index (χ0v) is 11.2. The molecule has 0 aliphatic rings. The number of nitrogens with one attached hydrogen (secondary N) is 1. The molecule has 0 aliphatic carbocycles. The molecule has 2 N–H and O–H groups in total. The van der Waals surface area contributed by atoms with Crippen molar-refractivity contribution in [2.24, 2.45) is 0 Å². The lowest BCUT2D eigenvalue weighted by Gasteiger charge is -2.21. The molecule has 0 spiro atoms. The summed E-state index contributed by atoms with van der Waals surface area (Å²) < 4.78 is 5.12. The Labute approximate surface area is 106 Å². The molecule has 1 atom stereocenters. The predicted octanol–water partition coefficient (Wildman–Crippen LogP) is 2.35. The number of carbonyl (C=O) groups excluding carboxylic acids is 1. The number of ether oxygens (including phenoxy) is 1. The Morgan fingerprint density at radius 3 is 2.76 bits per heavy atom. The summed E-state index contributed by atoms with van der Waals surface area (Å²) in [5.41, 5.74) is -0.498. The molecular formula is C12H19NO3S. The molecule has 17 heavy (non-hydrogen) atoms. The van der Waals surface area contributed by atoms with E-state index < -0.39 is 11.7 Å². The Bertz CT molecular complexity index is 343. The Morgan fingerprint density at radius 2 is 2.29 bits per heavy atom. The van der Waals surface area contributed by atoms with Gasteiger partial charge in [0.2, 0.25) is 0 Å². The summed E-state index contributed by atoms with van der Waals surface area (Å²) in [7, 11) is 0. The molecule has 0 aromatic carbocycles. The number of aliphatic hydroxyl groups is 1. The van der Waals surface area contributed by atoms with E-state index in [1.165, 1.54) is 0 Å². The van der Waals surface area contributed by atoms with Gasteiger partial charge in [0.15, 0.2) is 0 Å². The van der Waals surface area contributed by atoms with Crippen LogP contribution in [0.2, 0.25) is 0 Å². The van der Waals surface area contributed by atoms with E-state index in [9.17, 15) is 9.90 Å². The van der Waals surface area contributed by atoms with Gasteiger partial charge in [-0.2, -0.15) is 0 Å². The molecule has 96 valence electrons. The average Bonchev–Trinajstić information content (AvgIpc) is 2.69. The van der Waals surface area contributed by atoms with Gasteiger partial charge in [-0.1, -0.05) is 6.07 Å². The monoisotopic (exact) mass is 257 g/mol. The number of aliphatic hydroxyl groups excluding tert-OH is 1. The Balaban J connectivity index is 2.41. The van der Waals surface area contributed by atoms with Crippen molar-refractivity contribution in [3.8, 4) is 0 Å². The Morgan fingerprint density at radius 1 is 1.59 bits per heavy atom. The lowest BCUT2D eigenvalue weighted by molar-refractivity contribution is 0.0521. The van der Waals surface area contributed by atoms with Crippen molar-refractivity contribution >= 4 is 17.4 Å². The second-order valence-corrected chi connectivity index (χ2v) is 5.76. The van der Waals surface area contributed by atoms with Crippen LogP contribution in [0.1, 0.15) is 31.6 Å². The first-order valence-corrected chi connectivity index (χ1v) is 6.41. The van der Waals surface area contributed by atoms with E-state index in [1.807, 2.05) is 38.3 Å². The van der Waals surface area contributed by atoms with Crippen LogP contribution in [0.5, 0.6) is 0 Å². The third-order valence-electron chi connectivity index (χ3n) is 2.06. The maximum Gasteiger partial charge on any atom is 0.407 e. The maximum absolute atomic E-state index is 11.4. The molecule has 1 amide bonds. The minimum absolute atomic E-state index is 0.0102. The molecule has 0 radical (unpaired) electrons. The fourth-order valence-electron chi connectivity index (χ4n) is 1.30. The van der Waals surface area contributed by atoms with Crippen molar-refractivity contribution in [1.82, 2.24) is 5.32 Å². The van der Waals surface area contributed by atoms with Crippen LogP contribution < -0.4 is 5.32 Å². The highest BCUT2D eigenvalue weighted by molar-refractivity contribution is 7.10. The first kappa shape index (κ1) is 14.0. The highest BCUT2D eigenvalue weighted by atomic mass is 32.1. The number of amides is 1. The maximum atomic E-state index is 11.4. The van der Waals surface area contributed by atoms with Gasteiger partial charge in [-0.25, -0.2) is 4.79 Å². The summed E-state index contributed by atoms with van der Waals surface area (Å²) >= 11 is 1.57. The van der Waals surface area contributed by atoms with Gasteiger partial charge in [-0.15, -0.1) is 11.3 Å². The molecular weight excluding hydrogens is 238 g/mol. The number of hydrogen-bond acceptors (Lipinski definition) is 4. The Hall–Kier alpha value is -1.07. The molecule has 0 saturated heterocycles. The zero-order chi connectivity index (χ0) is 12.9. The topological polar surface area (TPSA) is 58.6 Å². The smallest absolute Gasteiger partial charge is 0.407 e. The van der Waals surface area contributed by atoms with Crippen molar-refractivity contribution in [2.45, 2.75) is 32.3 Å². The second kappa shape index (κ2) is 6.02. The second-order valence-electron chi connectivity index (χ2n) is 4.78. The van der Waals surface area contributed by atoms with Crippen molar-refractivity contribution in [2.75, 3.05) is 13.2 Å². The van der Waals surface area contributed by atoms with Crippen LogP contribution in [0.15, 0.2) is 17.5 Å². The molecule has 5 heteroatoms. The fourth-order valence-corrected chi connectivity index (χ4v) is 2.12. The van der Waals surface area contributed by atoms with E-state index in [-0.39, 0.29) is 12.5 Å². The highest BCUT2D eigenvalue weighted by Crippen LogP contribution is 2.20. The minimum atomic E-state index is -0.498. The molecule has 0 fully saturated rings. The summed E-state index contributed by atoms with van der Waals surface area (Å²) in [6, 6.07) is 3.87. The summed E-state index contributed by atoms with van der Waals surface area (Å²) in [6.45, 7) is 5.84. The molecule has 0 bridgehead atoms. The van der Waals surface area contributed by atoms with Crippen molar-refractivity contribution in [3.05, 3.63) is 22.4 Å². The van der Waals surface area contributed by atoms with Crippen LogP contribution in [-0.2, 0) is 4.74 Å². The van der Waals surface area contributed by atoms with Crippen LogP contribution in [0.25, 0.3) is 0 Å². The van der Waals surface area contributed by atoms with Crippen LogP contribution >= 0.6 is 11.3 Å². The van der Waals surface area contributed by atoms with E-state index in [4.69, 9.17) is 4.74 Å². The van der Waals surface area contributed by atoms with E-state index >= 15 is 0 Å². The molecule has 1 rings (SSSR count). The van der Waals surface area contributed by atoms with Gasteiger partial charge < -0.3 is 15.2 Å². The number of thiophene rings is 1. The van der Waals surface area contributed by atoms with Crippen molar-refractivity contribution < 1.29 is 14.6 Å². The molecule has 0 saturated carbocycles. The van der Waals surface area contributed by atoms with Crippen LogP contribution in [0.3, 0.4) is 0 Å². The van der Waals surface area contributed by atoms with Crippen molar-refractivity contribution in [3.63, 3.8) is 0 Å². The third kappa shape index (κ3) is 5.19. The normalized spacial score (nSPS) is 13.2. The number of carbonyl (C=O) groups is 1. The quantitative estimate of drug-likeness (QED) is 0.870. The van der Waals surface area contributed by atoms with Gasteiger partial charge in [0.05, 0.1) is 6.61 Å². The lowest BCUT2D eigenvalue weighted by Crippen LogP contribution is -2.35. The summed E-state index contributed by atoms with van der Waals surface area (Å²) in [5, 5.41) is 13.9. The highest BCUT2D eigenvalue weighted by Gasteiger charge is 2.18. The molecule has 1 heterocycles. The van der Waals surface area contributed by atoms with E-state index in [0.29, 0.717) is 6.54 Å². The minimum Gasteiger partial charge on any atom is -0.444 e. The third-order valence-corrected chi connectivity index (χ3v) is 3.09. The van der Waals surface area contributed by atoms with Gasteiger partial charge in [0.1, 0.15) is 5.60 Å². The van der Waals surface area contributed by atoms with Crippen LogP contribution in [0.4, 0.5) is 4.79 Å². The van der Waals surface area contributed by atoms with Crippen molar-refractivity contribution in [1.29, 1.82) is 0 Å². The number of hydrogen-bond donors (Lipinski definition) is 2. The van der Waals surface area contributed by atoms with Gasteiger partial charge in [-0.3, -0.25) is 0 Å². The van der Waals surface area contributed by atoms with Gasteiger partial charge in [-0.05, 0) is 32.2 Å². The molecule has 1 aromatic rings. The standard InChI is InChI=1S/C12H19NO3S/c1-12(2,3)16-11(15)13-7-9(8-14)10-5-4-6-17-10/h4-6,9,14H,7-8H2,1-3H3,(H,13,15). The summed E-state index contributed by atoms with van der Waals surface area (Å²) in [6.07, 6.45) is -0.451. The van der Waals surface area contributed by atoms with Crippen LogP contribution in [-0.4, -0.2) is 30.0 Å². The zero-order valence-electron chi connectivity index (χ0n) is 10.4. The predicted molar refractivity (Wildman–Crippen MR) is 68.4 cm³/mol. The van der Waals surface area contributed by atoms with E-state index in [1.54, 1.807) is 11.3 Å². The first-order chi connectivity index (χ1) is 7.92. The number of rotatable bonds is 4. The molecule has 1 aromatic heterocycles. The van der Waals surface area contributed by atoms with Gasteiger partial charge in [0.25, 0.3) is 0 Å². The molecule has 0 aliphatic heterocycles. The summed E-state index contributed by atoms with van der Waals surface area (Å²) in [4.78, 5) is 12.5. The summed E-state index contributed by atoms with van der Waals surface area (Å²) in [5.74, 6) is -0.0671. The van der Waals surface area contributed by atoms with E-state index in [0.717, 1.165) is 4.88 Å². The Kier molecular flexibility index (Phi) is 4.96. The average molecular weight is 257 g/mol.